The van der Waals surface area contributed by atoms with Crippen LogP contribution in [-0.4, -0.2) is 9.38 Å². The number of hydrogen-bond donors (Lipinski definition) is 0. The fraction of sp³-hybridized carbons (Fsp3) is 0. The first-order valence-corrected chi connectivity index (χ1v) is 8.20. The van der Waals surface area contributed by atoms with Crippen molar-refractivity contribution in [1.82, 2.24) is 9.38 Å². The van der Waals surface area contributed by atoms with Gasteiger partial charge < -0.3 is 4.40 Å². The monoisotopic (exact) mass is 322 g/mol. The Balaban J connectivity index is 1.85. The van der Waals surface area contributed by atoms with Crippen LogP contribution < -0.4 is 5.56 Å². The molecule has 5 aromatic rings. The average Bonchev–Trinajstić information content (AvgIpc) is 2.68. The molecular formula is C22H14N2O. The van der Waals surface area contributed by atoms with E-state index in [0.717, 1.165) is 21.9 Å². The van der Waals surface area contributed by atoms with E-state index in [1.807, 2.05) is 59.1 Å². The van der Waals surface area contributed by atoms with Gasteiger partial charge in [0.15, 0.2) is 0 Å². The number of hydrogen-bond acceptors (Lipinski definition) is 2. The molecule has 25 heavy (non-hydrogen) atoms. The van der Waals surface area contributed by atoms with Crippen molar-refractivity contribution < 1.29 is 0 Å². The second-order valence-corrected chi connectivity index (χ2v) is 6.11. The van der Waals surface area contributed by atoms with Crippen molar-refractivity contribution in [2.45, 2.75) is 0 Å². The third-order valence-corrected chi connectivity index (χ3v) is 4.63. The lowest BCUT2D eigenvalue weighted by Gasteiger charge is -2.10. The van der Waals surface area contributed by atoms with Crippen LogP contribution in [0.15, 0.2) is 89.9 Å². The first-order valence-electron chi connectivity index (χ1n) is 8.20. The van der Waals surface area contributed by atoms with Crippen molar-refractivity contribution in [2.75, 3.05) is 0 Å². The van der Waals surface area contributed by atoms with Crippen molar-refractivity contribution in [3.63, 3.8) is 0 Å². The molecule has 0 aliphatic carbocycles. The first kappa shape index (κ1) is 13.9. The summed E-state index contributed by atoms with van der Waals surface area (Å²) in [4.78, 5) is 16.7. The normalized spacial score (nSPS) is 11.4. The molecule has 0 radical (unpaired) electrons. The van der Waals surface area contributed by atoms with E-state index in [2.05, 4.69) is 35.3 Å². The summed E-state index contributed by atoms with van der Waals surface area (Å²) in [6.45, 7) is 0. The summed E-state index contributed by atoms with van der Waals surface area (Å²) >= 11 is 0. The van der Waals surface area contributed by atoms with Gasteiger partial charge in [0.25, 0.3) is 5.56 Å². The van der Waals surface area contributed by atoms with E-state index in [-0.39, 0.29) is 5.56 Å². The van der Waals surface area contributed by atoms with Gasteiger partial charge in [0.05, 0.1) is 10.9 Å². The Hall–Kier alpha value is -3.46. The van der Waals surface area contributed by atoms with Gasteiger partial charge in [-0.15, -0.1) is 0 Å². The zero-order valence-corrected chi connectivity index (χ0v) is 13.4. The molecule has 2 heterocycles. The first-order chi connectivity index (χ1) is 12.3. The zero-order chi connectivity index (χ0) is 16.8. The molecule has 0 saturated carbocycles. The number of para-hydroxylation sites is 1. The number of pyridine rings is 1. The fourth-order valence-corrected chi connectivity index (χ4v) is 3.40. The molecule has 3 nitrogen and oxygen atoms in total. The minimum Gasteiger partial charge on any atom is -0.300 e. The number of nitrogens with zero attached hydrogens (tertiary/aromatic N) is 2. The SMILES string of the molecule is O=c1nc2c3ccc(-c4ccccc4)cc3ccn2c2ccccc12. The molecule has 0 saturated heterocycles. The van der Waals surface area contributed by atoms with Gasteiger partial charge in [0, 0.05) is 11.6 Å². The van der Waals surface area contributed by atoms with Crippen molar-refractivity contribution in [2.24, 2.45) is 0 Å². The Labute approximate surface area is 143 Å². The molecule has 0 amide bonds. The molecule has 0 aliphatic heterocycles. The summed E-state index contributed by atoms with van der Waals surface area (Å²) in [6, 6.07) is 26.2. The minimum atomic E-state index is -0.185. The molecule has 2 aromatic heterocycles. The minimum absolute atomic E-state index is 0.185. The third kappa shape index (κ3) is 2.13. The molecule has 3 heteroatoms. The Morgan fingerprint density at radius 1 is 0.720 bits per heavy atom. The Morgan fingerprint density at radius 2 is 1.52 bits per heavy atom. The Bertz CT molecular complexity index is 1300. The predicted molar refractivity (Wildman–Crippen MR) is 102 cm³/mol. The van der Waals surface area contributed by atoms with Crippen molar-refractivity contribution in [1.29, 1.82) is 0 Å². The summed E-state index contributed by atoms with van der Waals surface area (Å²) in [6.07, 6.45) is 1.99. The lowest BCUT2D eigenvalue weighted by Crippen LogP contribution is -2.10. The summed E-state index contributed by atoms with van der Waals surface area (Å²) in [5.74, 6) is 0. The van der Waals surface area contributed by atoms with Gasteiger partial charge >= 0.3 is 0 Å². The molecule has 0 bridgehead atoms. The molecule has 0 aliphatic rings. The van der Waals surface area contributed by atoms with Gasteiger partial charge in [-0.3, -0.25) is 4.79 Å². The van der Waals surface area contributed by atoms with Crippen molar-refractivity contribution >= 4 is 27.3 Å². The highest BCUT2D eigenvalue weighted by Gasteiger charge is 2.08. The van der Waals surface area contributed by atoms with Crippen LogP contribution in [0.2, 0.25) is 0 Å². The van der Waals surface area contributed by atoms with Crippen LogP contribution in [0.1, 0.15) is 0 Å². The Morgan fingerprint density at radius 3 is 2.40 bits per heavy atom. The molecule has 0 atom stereocenters. The lowest BCUT2D eigenvalue weighted by atomic mass is 10.0. The van der Waals surface area contributed by atoms with Crippen LogP contribution in [0.3, 0.4) is 0 Å². The molecule has 0 N–H and O–H groups in total. The van der Waals surface area contributed by atoms with Gasteiger partial charge in [-0.05, 0) is 40.8 Å². The Kier molecular flexibility index (Phi) is 2.94. The van der Waals surface area contributed by atoms with Crippen LogP contribution in [0.5, 0.6) is 0 Å². The van der Waals surface area contributed by atoms with Crippen LogP contribution in [-0.2, 0) is 0 Å². The fourth-order valence-electron chi connectivity index (χ4n) is 3.40. The third-order valence-electron chi connectivity index (χ3n) is 4.63. The second-order valence-electron chi connectivity index (χ2n) is 6.11. The number of benzene rings is 3. The lowest BCUT2D eigenvalue weighted by molar-refractivity contribution is 1.15. The molecule has 118 valence electrons. The van der Waals surface area contributed by atoms with E-state index in [1.54, 1.807) is 0 Å². The largest absolute Gasteiger partial charge is 0.300 e. The van der Waals surface area contributed by atoms with Gasteiger partial charge in [0.1, 0.15) is 5.65 Å². The molecule has 0 fully saturated rings. The van der Waals surface area contributed by atoms with E-state index < -0.39 is 0 Å². The molecule has 5 rings (SSSR count). The predicted octanol–water partition coefficient (Wildman–Crippen LogP) is 4.67. The topological polar surface area (TPSA) is 34.4 Å². The molecule has 0 unspecified atom stereocenters. The highest BCUT2D eigenvalue weighted by atomic mass is 16.1. The molecular weight excluding hydrogens is 308 g/mol. The van der Waals surface area contributed by atoms with E-state index in [4.69, 9.17) is 0 Å². The van der Waals surface area contributed by atoms with Crippen LogP contribution in [0.4, 0.5) is 0 Å². The summed E-state index contributed by atoms with van der Waals surface area (Å²) in [7, 11) is 0. The summed E-state index contributed by atoms with van der Waals surface area (Å²) in [5.41, 5.74) is 3.72. The molecule has 0 spiro atoms. The van der Waals surface area contributed by atoms with E-state index in [1.165, 1.54) is 5.56 Å². The second kappa shape index (κ2) is 5.28. The number of aromatic nitrogens is 2. The average molecular weight is 322 g/mol. The number of fused-ring (bicyclic) bond motifs is 5. The zero-order valence-electron chi connectivity index (χ0n) is 13.4. The standard InChI is InChI=1S/C22H14N2O/c25-22-19-8-4-5-9-20(19)24-13-12-17-14-16(15-6-2-1-3-7-15)10-11-18(17)21(24)23-22/h1-14H. The van der Waals surface area contributed by atoms with Gasteiger partial charge in [-0.25, -0.2) is 0 Å². The maximum absolute atomic E-state index is 12.4. The quantitative estimate of drug-likeness (QED) is 0.420. The van der Waals surface area contributed by atoms with Gasteiger partial charge in [-0.2, -0.15) is 4.98 Å². The van der Waals surface area contributed by atoms with Crippen molar-refractivity contribution in [3.8, 4) is 11.1 Å². The van der Waals surface area contributed by atoms with Crippen LogP contribution >= 0.6 is 0 Å². The maximum Gasteiger partial charge on any atom is 0.281 e. The maximum atomic E-state index is 12.4. The van der Waals surface area contributed by atoms with Gasteiger partial charge in [-0.1, -0.05) is 54.6 Å². The number of rotatable bonds is 1. The van der Waals surface area contributed by atoms with E-state index >= 15 is 0 Å². The molecule has 3 aromatic carbocycles. The smallest absolute Gasteiger partial charge is 0.281 e. The summed E-state index contributed by atoms with van der Waals surface area (Å²) in [5, 5.41) is 2.69. The van der Waals surface area contributed by atoms with E-state index in [9.17, 15) is 4.79 Å². The van der Waals surface area contributed by atoms with Crippen LogP contribution in [0, 0.1) is 0 Å². The van der Waals surface area contributed by atoms with Crippen molar-refractivity contribution in [3.05, 3.63) is 95.4 Å². The highest BCUT2D eigenvalue weighted by Crippen LogP contribution is 2.27. The summed E-state index contributed by atoms with van der Waals surface area (Å²) < 4.78 is 1.99. The highest BCUT2D eigenvalue weighted by molar-refractivity contribution is 5.98. The van der Waals surface area contributed by atoms with Crippen LogP contribution in [0.25, 0.3) is 38.4 Å². The van der Waals surface area contributed by atoms with E-state index in [0.29, 0.717) is 11.0 Å². The van der Waals surface area contributed by atoms with Gasteiger partial charge in [0.2, 0.25) is 0 Å².